The average molecular weight is 388 g/mol. The fraction of sp³-hybridized carbons (Fsp3) is 0.400. The van der Waals surface area contributed by atoms with Crippen molar-refractivity contribution >= 4 is 28.8 Å². The second-order valence-electron chi connectivity index (χ2n) is 6.54. The average Bonchev–Trinajstić information content (AvgIpc) is 3.20. The number of benzene rings is 1. The van der Waals surface area contributed by atoms with Crippen LogP contribution in [0.1, 0.15) is 11.8 Å². The van der Waals surface area contributed by atoms with Gasteiger partial charge in [0.2, 0.25) is 11.8 Å². The Kier molecular flexibility index (Phi) is 6.47. The van der Waals surface area contributed by atoms with E-state index in [-0.39, 0.29) is 11.8 Å². The molecule has 6 nitrogen and oxygen atoms in total. The standard InChI is InChI=1S/C20H25N3O3S/c1-16(24)22-11-9-21(10-12-22)15-20(25)23(14-19-4-3-13-27-19)17-5-7-18(26-2)8-6-17/h3-8,13H,9-12,14-15H2,1-2H3. The molecule has 0 radical (unpaired) electrons. The maximum absolute atomic E-state index is 13.1. The number of ether oxygens (including phenoxy) is 1. The number of nitrogens with zero attached hydrogens (tertiary/aromatic N) is 3. The molecule has 144 valence electrons. The SMILES string of the molecule is COc1ccc(N(Cc2cccs2)C(=O)CN2CCN(C(C)=O)CC2)cc1. The van der Waals surface area contributed by atoms with Crippen LogP contribution in [0.2, 0.25) is 0 Å². The van der Waals surface area contributed by atoms with Crippen molar-refractivity contribution < 1.29 is 14.3 Å². The molecule has 1 aromatic heterocycles. The highest BCUT2D eigenvalue weighted by Gasteiger charge is 2.24. The number of piperazine rings is 1. The van der Waals surface area contributed by atoms with Crippen molar-refractivity contribution in [2.24, 2.45) is 0 Å². The molecule has 3 rings (SSSR count). The van der Waals surface area contributed by atoms with Crippen molar-refractivity contribution in [3.63, 3.8) is 0 Å². The predicted molar refractivity (Wildman–Crippen MR) is 107 cm³/mol. The van der Waals surface area contributed by atoms with Gasteiger partial charge in [0.1, 0.15) is 5.75 Å². The lowest BCUT2D eigenvalue weighted by Crippen LogP contribution is -2.51. The number of thiophene rings is 1. The highest BCUT2D eigenvalue weighted by Crippen LogP contribution is 2.23. The topological polar surface area (TPSA) is 53.1 Å². The van der Waals surface area contributed by atoms with Gasteiger partial charge in [0, 0.05) is 43.7 Å². The monoisotopic (exact) mass is 387 g/mol. The molecule has 1 aromatic carbocycles. The largest absolute Gasteiger partial charge is 0.497 e. The lowest BCUT2D eigenvalue weighted by molar-refractivity contribution is -0.130. The molecular weight excluding hydrogens is 362 g/mol. The van der Waals surface area contributed by atoms with Crippen molar-refractivity contribution in [2.45, 2.75) is 13.5 Å². The van der Waals surface area contributed by atoms with Gasteiger partial charge in [0.15, 0.2) is 0 Å². The van der Waals surface area contributed by atoms with Gasteiger partial charge in [-0.25, -0.2) is 0 Å². The summed E-state index contributed by atoms with van der Waals surface area (Å²) in [5.74, 6) is 0.922. The van der Waals surface area contributed by atoms with E-state index in [2.05, 4.69) is 4.90 Å². The third-order valence-electron chi connectivity index (χ3n) is 4.76. The van der Waals surface area contributed by atoms with Crippen LogP contribution in [-0.4, -0.2) is 61.4 Å². The van der Waals surface area contributed by atoms with Crippen LogP contribution in [0.15, 0.2) is 41.8 Å². The predicted octanol–water partition coefficient (Wildman–Crippen LogP) is 2.45. The molecule has 0 unspecified atom stereocenters. The van der Waals surface area contributed by atoms with Crippen molar-refractivity contribution in [3.8, 4) is 5.75 Å². The van der Waals surface area contributed by atoms with E-state index in [0.29, 0.717) is 26.2 Å². The molecule has 0 atom stereocenters. The number of rotatable bonds is 6. The van der Waals surface area contributed by atoms with Crippen LogP contribution in [-0.2, 0) is 16.1 Å². The number of hydrogen-bond donors (Lipinski definition) is 0. The van der Waals surface area contributed by atoms with Crippen LogP contribution in [0, 0.1) is 0 Å². The summed E-state index contributed by atoms with van der Waals surface area (Å²) in [5, 5.41) is 2.02. The Labute approximate surface area is 163 Å². The molecule has 0 bridgehead atoms. The summed E-state index contributed by atoms with van der Waals surface area (Å²) in [6.07, 6.45) is 0. The number of carbonyl (C=O) groups excluding carboxylic acids is 2. The summed E-state index contributed by atoms with van der Waals surface area (Å²) in [4.78, 5) is 31.5. The number of anilines is 1. The minimum Gasteiger partial charge on any atom is -0.497 e. The fourth-order valence-electron chi connectivity index (χ4n) is 3.14. The molecule has 0 spiro atoms. The maximum atomic E-state index is 13.1. The van der Waals surface area contributed by atoms with Gasteiger partial charge in [-0.1, -0.05) is 6.07 Å². The zero-order valence-electron chi connectivity index (χ0n) is 15.8. The van der Waals surface area contributed by atoms with Crippen molar-refractivity contribution in [1.29, 1.82) is 0 Å². The molecule has 0 saturated carbocycles. The van der Waals surface area contributed by atoms with Gasteiger partial charge in [-0.15, -0.1) is 11.3 Å². The zero-order chi connectivity index (χ0) is 19.2. The van der Waals surface area contributed by atoms with Crippen molar-refractivity contribution in [3.05, 3.63) is 46.7 Å². The Morgan fingerprint density at radius 2 is 1.81 bits per heavy atom. The Morgan fingerprint density at radius 3 is 2.37 bits per heavy atom. The normalized spacial score (nSPS) is 14.8. The van der Waals surface area contributed by atoms with E-state index < -0.39 is 0 Å². The smallest absolute Gasteiger partial charge is 0.241 e. The first-order chi connectivity index (χ1) is 13.1. The highest BCUT2D eigenvalue weighted by molar-refractivity contribution is 7.09. The van der Waals surface area contributed by atoms with Crippen LogP contribution < -0.4 is 9.64 Å². The number of carbonyl (C=O) groups is 2. The van der Waals surface area contributed by atoms with E-state index >= 15 is 0 Å². The maximum Gasteiger partial charge on any atom is 0.241 e. The number of amides is 2. The molecule has 2 heterocycles. The first-order valence-electron chi connectivity index (χ1n) is 9.01. The molecule has 2 aromatic rings. The summed E-state index contributed by atoms with van der Waals surface area (Å²) in [5.41, 5.74) is 0.858. The lowest BCUT2D eigenvalue weighted by atomic mass is 10.2. The summed E-state index contributed by atoms with van der Waals surface area (Å²) in [6.45, 7) is 5.29. The molecule has 2 amide bonds. The number of hydrogen-bond acceptors (Lipinski definition) is 5. The second-order valence-corrected chi connectivity index (χ2v) is 7.57. The van der Waals surface area contributed by atoms with Crippen LogP contribution in [0.5, 0.6) is 5.75 Å². The van der Waals surface area contributed by atoms with Crippen LogP contribution in [0.3, 0.4) is 0 Å². The van der Waals surface area contributed by atoms with E-state index in [1.165, 1.54) is 0 Å². The minimum absolute atomic E-state index is 0.0600. The van der Waals surface area contributed by atoms with Crippen LogP contribution in [0.4, 0.5) is 5.69 Å². The van der Waals surface area contributed by atoms with Gasteiger partial charge in [0.05, 0.1) is 20.2 Å². The van der Waals surface area contributed by atoms with Crippen LogP contribution in [0.25, 0.3) is 0 Å². The van der Waals surface area contributed by atoms with Crippen molar-refractivity contribution in [1.82, 2.24) is 9.80 Å². The summed E-state index contributed by atoms with van der Waals surface area (Å²) in [6, 6.07) is 11.6. The Balaban J connectivity index is 1.69. The van der Waals surface area contributed by atoms with Crippen molar-refractivity contribution in [2.75, 3.05) is 44.7 Å². The van der Waals surface area contributed by atoms with E-state index in [0.717, 1.165) is 29.4 Å². The van der Waals surface area contributed by atoms with Gasteiger partial charge in [-0.2, -0.15) is 0 Å². The zero-order valence-corrected chi connectivity index (χ0v) is 16.6. The van der Waals surface area contributed by atoms with E-state index in [4.69, 9.17) is 4.74 Å². The molecule has 0 N–H and O–H groups in total. The quantitative estimate of drug-likeness (QED) is 0.764. The molecule has 1 fully saturated rings. The van der Waals surface area contributed by atoms with E-state index in [9.17, 15) is 9.59 Å². The Morgan fingerprint density at radius 1 is 1.11 bits per heavy atom. The van der Waals surface area contributed by atoms with Gasteiger partial charge >= 0.3 is 0 Å². The first-order valence-corrected chi connectivity index (χ1v) is 9.89. The van der Waals surface area contributed by atoms with E-state index in [1.807, 2.05) is 51.6 Å². The molecular formula is C20H25N3O3S. The summed E-state index contributed by atoms with van der Waals surface area (Å²) >= 11 is 1.64. The summed E-state index contributed by atoms with van der Waals surface area (Å²) in [7, 11) is 1.63. The fourth-order valence-corrected chi connectivity index (χ4v) is 3.83. The van der Waals surface area contributed by atoms with Gasteiger partial charge in [-0.3, -0.25) is 14.5 Å². The Hall–Kier alpha value is -2.38. The third kappa shape index (κ3) is 5.08. The minimum atomic E-state index is 0.0600. The molecule has 1 aliphatic heterocycles. The second kappa shape index (κ2) is 9.01. The summed E-state index contributed by atoms with van der Waals surface area (Å²) < 4.78 is 5.22. The highest BCUT2D eigenvalue weighted by atomic mass is 32.1. The van der Waals surface area contributed by atoms with Gasteiger partial charge in [-0.05, 0) is 35.7 Å². The Bertz CT molecular complexity index is 753. The van der Waals surface area contributed by atoms with Gasteiger partial charge in [0.25, 0.3) is 0 Å². The first kappa shape index (κ1) is 19.4. The van der Waals surface area contributed by atoms with Gasteiger partial charge < -0.3 is 14.5 Å². The molecule has 7 heteroatoms. The van der Waals surface area contributed by atoms with E-state index in [1.54, 1.807) is 25.4 Å². The molecule has 1 saturated heterocycles. The number of methoxy groups -OCH3 is 1. The lowest BCUT2D eigenvalue weighted by Gasteiger charge is -2.35. The molecule has 0 aliphatic carbocycles. The molecule has 1 aliphatic rings. The van der Waals surface area contributed by atoms with Crippen LogP contribution >= 0.6 is 11.3 Å². The molecule has 27 heavy (non-hydrogen) atoms. The third-order valence-corrected chi connectivity index (χ3v) is 5.62.